The average molecular weight is 219 g/mol. The molecule has 0 aliphatic rings. The summed E-state index contributed by atoms with van der Waals surface area (Å²) in [7, 11) is 0. The molecule has 0 saturated heterocycles. The number of aromatic hydroxyl groups is 1. The number of aromatic nitrogens is 1. The number of rotatable bonds is 2. The Labute approximate surface area is 93.1 Å². The molecule has 0 amide bonds. The molecular formula is C12H13NO3. The number of ether oxygens (including phenoxy) is 1. The summed E-state index contributed by atoms with van der Waals surface area (Å²) >= 11 is 0. The number of carbonyl (C=O) groups excluding carboxylic acids is 1. The van der Waals surface area contributed by atoms with Crippen LogP contribution < -0.4 is 0 Å². The molecule has 0 aliphatic heterocycles. The van der Waals surface area contributed by atoms with Crippen molar-refractivity contribution in [1.82, 2.24) is 4.57 Å². The molecule has 0 bridgehead atoms. The van der Waals surface area contributed by atoms with Crippen LogP contribution in [-0.4, -0.2) is 15.6 Å². The number of nitrogens with zero attached hydrogens (tertiary/aromatic N) is 1. The van der Waals surface area contributed by atoms with E-state index in [1.807, 2.05) is 16.8 Å². The summed E-state index contributed by atoms with van der Waals surface area (Å²) in [5, 5.41) is 10.2. The highest BCUT2D eigenvalue weighted by Gasteiger charge is 2.10. The van der Waals surface area contributed by atoms with Crippen molar-refractivity contribution < 1.29 is 14.6 Å². The van der Waals surface area contributed by atoms with E-state index in [1.165, 1.54) is 6.92 Å². The lowest BCUT2D eigenvalue weighted by atomic mass is 10.2. The molecule has 1 aromatic carbocycles. The predicted molar refractivity (Wildman–Crippen MR) is 60.1 cm³/mol. The van der Waals surface area contributed by atoms with Gasteiger partial charge in [0, 0.05) is 18.5 Å². The minimum Gasteiger partial charge on any atom is -0.508 e. The zero-order chi connectivity index (χ0) is 11.7. The summed E-state index contributed by atoms with van der Waals surface area (Å²) in [5.74, 6) is -0.0847. The summed E-state index contributed by atoms with van der Waals surface area (Å²) in [5.41, 5.74) is 0.923. The maximum atomic E-state index is 10.9. The maximum Gasteiger partial charge on any atom is 0.304 e. The summed E-state index contributed by atoms with van der Waals surface area (Å²) < 4.78 is 6.94. The summed E-state index contributed by atoms with van der Waals surface area (Å²) in [4.78, 5) is 10.9. The monoisotopic (exact) mass is 219 g/mol. The molecule has 0 aliphatic carbocycles. The Morgan fingerprint density at radius 1 is 1.44 bits per heavy atom. The summed E-state index contributed by atoms with van der Waals surface area (Å²) in [6, 6.07) is 6.95. The number of hydrogen-bond acceptors (Lipinski definition) is 3. The zero-order valence-electron chi connectivity index (χ0n) is 9.18. The van der Waals surface area contributed by atoms with Gasteiger partial charge in [0.2, 0.25) is 0 Å². The van der Waals surface area contributed by atoms with Gasteiger partial charge in [-0.25, -0.2) is 0 Å². The highest BCUT2D eigenvalue weighted by atomic mass is 16.6. The average Bonchev–Trinajstić information content (AvgIpc) is 2.59. The Hall–Kier alpha value is -1.97. The summed E-state index contributed by atoms with van der Waals surface area (Å²) in [6.45, 7) is 3.18. The minimum absolute atomic E-state index is 0.227. The second-order valence-corrected chi connectivity index (χ2v) is 3.67. The molecule has 0 spiro atoms. The number of hydrogen-bond donors (Lipinski definition) is 1. The van der Waals surface area contributed by atoms with Gasteiger partial charge in [0.1, 0.15) is 5.75 Å². The van der Waals surface area contributed by atoms with E-state index in [0.717, 1.165) is 10.9 Å². The third-order valence-electron chi connectivity index (χ3n) is 2.43. The van der Waals surface area contributed by atoms with Crippen LogP contribution in [0.25, 0.3) is 10.9 Å². The van der Waals surface area contributed by atoms with Crippen LogP contribution in [0.2, 0.25) is 0 Å². The molecular weight excluding hydrogens is 206 g/mol. The van der Waals surface area contributed by atoms with E-state index in [1.54, 1.807) is 25.1 Å². The Kier molecular flexibility index (Phi) is 2.56. The van der Waals surface area contributed by atoms with E-state index < -0.39 is 0 Å². The van der Waals surface area contributed by atoms with Gasteiger partial charge in [0.05, 0.1) is 5.52 Å². The number of fused-ring (bicyclic) bond motifs is 1. The van der Waals surface area contributed by atoms with E-state index in [9.17, 15) is 9.90 Å². The van der Waals surface area contributed by atoms with Crippen LogP contribution in [0, 0.1) is 0 Å². The van der Waals surface area contributed by atoms with Crippen molar-refractivity contribution in [1.29, 1.82) is 0 Å². The molecule has 4 heteroatoms. The van der Waals surface area contributed by atoms with Gasteiger partial charge in [-0.3, -0.25) is 4.79 Å². The topological polar surface area (TPSA) is 51.5 Å². The Morgan fingerprint density at radius 2 is 2.19 bits per heavy atom. The first kappa shape index (κ1) is 10.5. The minimum atomic E-state index is -0.348. The molecule has 2 rings (SSSR count). The quantitative estimate of drug-likeness (QED) is 0.789. The van der Waals surface area contributed by atoms with E-state index in [0.29, 0.717) is 0 Å². The number of benzene rings is 1. The van der Waals surface area contributed by atoms with Crippen LogP contribution in [0.3, 0.4) is 0 Å². The van der Waals surface area contributed by atoms with Gasteiger partial charge in [-0.2, -0.15) is 0 Å². The van der Waals surface area contributed by atoms with Crippen molar-refractivity contribution in [2.45, 2.75) is 20.1 Å². The lowest BCUT2D eigenvalue weighted by molar-refractivity contribution is -0.149. The molecule has 16 heavy (non-hydrogen) atoms. The highest BCUT2D eigenvalue weighted by Crippen LogP contribution is 2.24. The van der Waals surface area contributed by atoms with Crippen LogP contribution in [0.1, 0.15) is 20.1 Å². The maximum absolute atomic E-state index is 10.9. The van der Waals surface area contributed by atoms with Crippen molar-refractivity contribution in [3.05, 3.63) is 30.5 Å². The van der Waals surface area contributed by atoms with Crippen molar-refractivity contribution in [3.8, 4) is 5.75 Å². The summed E-state index contributed by atoms with van der Waals surface area (Å²) in [6.07, 6.45) is 1.48. The molecule has 4 nitrogen and oxygen atoms in total. The fourth-order valence-electron chi connectivity index (χ4n) is 1.77. The Bertz CT molecular complexity index is 530. The third-order valence-corrected chi connectivity index (χ3v) is 2.43. The first-order valence-corrected chi connectivity index (χ1v) is 5.04. The fourth-order valence-corrected chi connectivity index (χ4v) is 1.77. The Balaban J connectivity index is 2.41. The second-order valence-electron chi connectivity index (χ2n) is 3.67. The van der Waals surface area contributed by atoms with Crippen LogP contribution >= 0.6 is 0 Å². The van der Waals surface area contributed by atoms with E-state index in [4.69, 9.17) is 4.74 Å². The van der Waals surface area contributed by atoms with Crippen LogP contribution in [0.4, 0.5) is 0 Å². The van der Waals surface area contributed by atoms with Gasteiger partial charge in [-0.05, 0) is 31.2 Å². The lowest BCUT2D eigenvalue weighted by Crippen LogP contribution is -2.11. The van der Waals surface area contributed by atoms with Gasteiger partial charge >= 0.3 is 5.97 Å². The number of phenolic OH excluding ortho intramolecular Hbond substituents is 1. The molecule has 1 aromatic heterocycles. The molecule has 0 fully saturated rings. The number of phenols is 1. The van der Waals surface area contributed by atoms with Gasteiger partial charge in [-0.1, -0.05) is 0 Å². The van der Waals surface area contributed by atoms with Crippen molar-refractivity contribution in [3.63, 3.8) is 0 Å². The normalized spacial score (nSPS) is 12.6. The van der Waals surface area contributed by atoms with Gasteiger partial charge in [0.15, 0.2) is 6.23 Å². The molecule has 1 atom stereocenters. The molecule has 2 aromatic rings. The highest BCUT2D eigenvalue weighted by molar-refractivity contribution is 5.81. The van der Waals surface area contributed by atoms with Crippen molar-refractivity contribution >= 4 is 16.9 Å². The standard InChI is InChI=1S/C12H13NO3/c1-8(16-9(2)14)13-6-5-10-7-11(15)3-4-12(10)13/h3-8,15H,1-2H3. The zero-order valence-corrected chi connectivity index (χ0v) is 9.18. The molecule has 1 N–H and O–H groups in total. The SMILES string of the molecule is CC(=O)OC(C)n1ccc2cc(O)ccc21. The number of carbonyl (C=O) groups is 1. The lowest BCUT2D eigenvalue weighted by Gasteiger charge is -2.14. The predicted octanol–water partition coefficient (Wildman–Crippen LogP) is 2.43. The van der Waals surface area contributed by atoms with E-state index >= 15 is 0 Å². The van der Waals surface area contributed by atoms with Crippen molar-refractivity contribution in [2.75, 3.05) is 0 Å². The molecule has 1 heterocycles. The van der Waals surface area contributed by atoms with Gasteiger partial charge in [0.25, 0.3) is 0 Å². The van der Waals surface area contributed by atoms with Crippen LogP contribution in [-0.2, 0) is 9.53 Å². The van der Waals surface area contributed by atoms with Crippen LogP contribution in [0.15, 0.2) is 30.5 Å². The molecule has 1 unspecified atom stereocenters. The van der Waals surface area contributed by atoms with Crippen molar-refractivity contribution in [2.24, 2.45) is 0 Å². The van der Waals surface area contributed by atoms with Crippen LogP contribution in [0.5, 0.6) is 5.75 Å². The molecule has 0 radical (unpaired) electrons. The Morgan fingerprint density at radius 3 is 2.88 bits per heavy atom. The largest absolute Gasteiger partial charge is 0.508 e. The van der Waals surface area contributed by atoms with Gasteiger partial charge in [-0.15, -0.1) is 0 Å². The fraction of sp³-hybridized carbons (Fsp3) is 0.250. The van der Waals surface area contributed by atoms with E-state index in [-0.39, 0.29) is 17.9 Å². The van der Waals surface area contributed by atoms with E-state index in [2.05, 4.69) is 0 Å². The smallest absolute Gasteiger partial charge is 0.304 e. The second kappa shape index (κ2) is 3.89. The molecule has 84 valence electrons. The van der Waals surface area contributed by atoms with Gasteiger partial charge < -0.3 is 14.4 Å². The third kappa shape index (κ3) is 1.86. The first-order chi connectivity index (χ1) is 7.58. The first-order valence-electron chi connectivity index (χ1n) is 5.04. The molecule has 0 saturated carbocycles. The number of esters is 1.